The van der Waals surface area contributed by atoms with Crippen LogP contribution >= 0.6 is 0 Å². The minimum Gasteiger partial charge on any atom is -0.328 e. The Labute approximate surface area is 149 Å². The highest BCUT2D eigenvalue weighted by atomic mass is 16.2. The molecule has 2 heterocycles. The van der Waals surface area contributed by atoms with Crippen molar-refractivity contribution in [2.24, 2.45) is 0 Å². The summed E-state index contributed by atoms with van der Waals surface area (Å²) in [6, 6.07) is 0. The van der Waals surface area contributed by atoms with Crippen LogP contribution in [-0.2, 0) is 4.79 Å². The number of carbonyl (C=O) groups excluding carboxylic acids is 1. The SMILES string of the molecule is CCCCC1=CC(C)(C)N(C(=O)CN2CCCCCC2)C(C)(C)C1. The van der Waals surface area contributed by atoms with Crippen LogP contribution in [0.25, 0.3) is 0 Å². The highest BCUT2D eigenvalue weighted by molar-refractivity contribution is 5.80. The molecule has 3 nitrogen and oxygen atoms in total. The Bertz CT molecular complexity index is 456. The minimum atomic E-state index is -0.187. The van der Waals surface area contributed by atoms with Crippen LogP contribution in [0.2, 0.25) is 0 Å². The van der Waals surface area contributed by atoms with E-state index in [-0.39, 0.29) is 11.1 Å². The van der Waals surface area contributed by atoms with E-state index in [0.29, 0.717) is 12.5 Å². The average molecular weight is 335 g/mol. The lowest BCUT2D eigenvalue weighted by atomic mass is 9.79. The zero-order chi connectivity index (χ0) is 17.8. The molecule has 2 aliphatic heterocycles. The summed E-state index contributed by atoms with van der Waals surface area (Å²) in [4.78, 5) is 17.7. The Kier molecular flexibility index (Phi) is 6.52. The molecule has 0 aromatic carbocycles. The first-order chi connectivity index (χ1) is 11.3. The monoisotopic (exact) mass is 334 g/mol. The maximum atomic E-state index is 13.2. The first-order valence-electron chi connectivity index (χ1n) is 10.0. The molecule has 138 valence electrons. The lowest BCUT2D eigenvalue weighted by molar-refractivity contribution is -0.144. The van der Waals surface area contributed by atoms with Crippen molar-refractivity contribution in [2.45, 2.75) is 97.1 Å². The molecule has 0 aromatic heterocycles. The van der Waals surface area contributed by atoms with Gasteiger partial charge in [0.2, 0.25) is 5.91 Å². The molecule has 1 amide bonds. The average Bonchev–Trinajstić information content (AvgIpc) is 2.71. The Morgan fingerprint density at radius 2 is 1.71 bits per heavy atom. The van der Waals surface area contributed by atoms with Crippen LogP contribution in [0, 0.1) is 0 Å². The van der Waals surface area contributed by atoms with Gasteiger partial charge in [-0.25, -0.2) is 0 Å². The summed E-state index contributed by atoms with van der Waals surface area (Å²) in [5.41, 5.74) is 1.25. The lowest BCUT2D eigenvalue weighted by Gasteiger charge is -2.52. The molecule has 2 rings (SSSR count). The van der Waals surface area contributed by atoms with E-state index in [1.807, 2.05) is 0 Å². The van der Waals surface area contributed by atoms with E-state index in [9.17, 15) is 4.79 Å². The number of amides is 1. The quantitative estimate of drug-likeness (QED) is 0.676. The molecule has 1 fully saturated rings. The van der Waals surface area contributed by atoms with Crippen molar-refractivity contribution in [3.8, 4) is 0 Å². The molecule has 0 spiro atoms. The number of hydrogen-bond acceptors (Lipinski definition) is 2. The van der Waals surface area contributed by atoms with Gasteiger partial charge < -0.3 is 4.90 Å². The van der Waals surface area contributed by atoms with Gasteiger partial charge in [-0.3, -0.25) is 9.69 Å². The lowest BCUT2D eigenvalue weighted by Crippen LogP contribution is -2.61. The summed E-state index contributed by atoms with van der Waals surface area (Å²) in [6.07, 6.45) is 12.1. The first-order valence-corrected chi connectivity index (χ1v) is 10.0. The highest BCUT2D eigenvalue weighted by Crippen LogP contribution is 2.39. The number of unbranched alkanes of at least 4 members (excludes halogenated alkanes) is 1. The second-order valence-corrected chi connectivity index (χ2v) is 8.97. The molecule has 0 aliphatic carbocycles. The van der Waals surface area contributed by atoms with Crippen LogP contribution in [0.3, 0.4) is 0 Å². The molecule has 3 heteroatoms. The van der Waals surface area contributed by atoms with E-state index in [1.54, 1.807) is 0 Å². The summed E-state index contributed by atoms with van der Waals surface area (Å²) in [5, 5.41) is 0. The first kappa shape index (κ1) is 19.5. The number of hydrogen-bond donors (Lipinski definition) is 0. The maximum Gasteiger partial charge on any atom is 0.237 e. The van der Waals surface area contributed by atoms with Crippen molar-refractivity contribution in [1.82, 2.24) is 9.80 Å². The molecule has 2 aliphatic rings. The van der Waals surface area contributed by atoms with Gasteiger partial charge in [0.25, 0.3) is 0 Å². The predicted octanol–water partition coefficient (Wildman–Crippen LogP) is 4.77. The molecule has 0 saturated carbocycles. The molecule has 0 bridgehead atoms. The van der Waals surface area contributed by atoms with Gasteiger partial charge >= 0.3 is 0 Å². The van der Waals surface area contributed by atoms with Gasteiger partial charge in [-0.2, -0.15) is 0 Å². The topological polar surface area (TPSA) is 23.6 Å². The molecular formula is C21H38N2O. The summed E-state index contributed by atoms with van der Waals surface area (Å²) >= 11 is 0. The third-order valence-electron chi connectivity index (χ3n) is 5.56. The normalized spacial score (nSPS) is 24.4. The van der Waals surface area contributed by atoms with Gasteiger partial charge in [0.15, 0.2) is 0 Å². The van der Waals surface area contributed by atoms with Crippen LogP contribution in [0.5, 0.6) is 0 Å². The summed E-state index contributed by atoms with van der Waals surface area (Å²) in [6.45, 7) is 13.9. The molecular weight excluding hydrogens is 296 g/mol. The van der Waals surface area contributed by atoms with Crippen LogP contribution in [0.4, 0.5) is 0 Å². The third-order valence-corrected chi connectivity index (χ3v) is 5.56. The van der Waals surface area contributed by atoms with Crippen molar-refractivity contribution < 1.29 is 4.79 Å². The summed E-state index contributed by atoms with van der Waals surface area (Å²) in [5.74, 6) is 0.303. The fourth-order valence-electron chi connectivity index (χ4n) is 4.81. The van der Waals surface area contributed by atoms with Gasteiger partial charge in [0.1, 0.15) is 0 Å². The van der Waals surface area contributed by atoms with Crippen LogP contribution in [0.15, 0.2) is 11.6 Å². The predicted molar refractivity (Wildman–Crippen MR) is 102 cm³/mol. The molecule has 0 aromatic rings. The van der Waals surface area contributed by atoms with E-state index in [0.717, 1.165) is 19.5 Å². The molecule has 0 unspecified atom stereocenters. The molecule has 0 N–H and O–H groups in total. The highest BCUT2D eigenvalue weighted by Gasteiger charge is 2.43. The zero-order valence-electron chi connectivity index (χ0n) is 16.7. The van der Waals surface area contributed by atoms with Crippen molar-refractivity contribution in [3.05, 3.63) is 11.6 Å². The largest absolute Gasteiger partial charge is 0.328 e. The van der Waals surface area contributed by atoms with Gasteiger partial charge in [-0.1, -0.05) is 37.8 Å². The van der Waals surface area contributed by atoms with E-state index >= 15 is 0 Å². The van der Waals surface area contributed by atoms with E-state index < -0.39 is 0 Å². The summed E-state index contributed by atoms with van der Waals surface area (Å²) in [7, 11) is 0. The molecule has 0 atom stereocenters. The van der Waals surface area contributed by atoms with Gasteiger partial charge in [0, 0.05) is 5.54 Å². The van der Waals surface area contributed by atoms with Gasteiger partial charge in [-0.05, 0) is 72.9 Å². The molecule has 24 heavy (non-hydrogen) atoms. The van der Waals surface area contributed by atoms with E-state index in [4.69, 9.17) is 0 Å². The van der Waals surface area contributed by atoms with Crippen molar-refractivity contribution in [3.63, 3.8) is 0 Å². The smallest absolute Gasteiger partial charge is 0.237 e. The van der Waals surface area contributed by atoms with Crippen LogP contribution in [-0.4, -0.2) is 46.4 Å². The number of likely N-dealkylation sites (tertiary alicyclic amines) is 1. The number of rotatable bonds is 5. The third kappa shape index (κ3) is 4.84. The Morgan fingerprint density at radius 3 is 2.25 bits per heavy atom. The minimum absolute atomic E-state index is 0.0930. The van der Waals surface area contributed by atoms with Crippen molar-refractivity contribution in [2.75, 3.05) is 19.6 Å². The number of carbonyl (C=O) groups is 1. The Balaban J connectivity index is 2.11. The van der Waals surface area contributed by atoms with Crippen LogP contribution in [0.1, 0.15) is 86.0 Å². The van der Waals surface area contributed by atoms with E-state index in [1.165, 1.54) is 50.5 Å². The zero-order valence-corrected chi connectivity index (χ0v) is 16.7. The standard InChI is InChI=1S/C21H38N2O/c1-6-7-12-18-15-20(2,3)23(21(4,5)16-18)19(24)17-22-13-10-8-9-11-14-22/h15H,6-14,16-17H2,1-5H3. The van der Waals surface area contributed by atoms with Gasteiger partial charge in [0.05, 0.1) is 12.1 Å². The molecule has 1 saturated heterocycles. The van der Waals surface area contributed by atoms with Gasteiger partial charge in [-0.15, -0.1) is 0 Å². The Morgan fingerprint density at radius 1 is 1.08 bits per heavy atom. The molecule has 0 radical (unpaired) electrons. The Hall–Kier alpha value is -0.830. The van der Waals surface area contributed by atoms with Crippen LogP contribution < -0.4 is 0 Å². The number of nitrogens with zero attached hydrogens (tertiary/aromatic N) is 2. The van der Waals surface area contributed by atoms with E-state index in [2.05, 4.69) is 50.5 Å². The van der Waals surface area contributed by atoms with Crippen molar-refractivity contribution in [1.29, 1.82) is 0 Å². The second-order valence-electron chi connectivity index (χ2n) is 8.97. The second kappa shape index (κ2) is 8.03. The van der Waals surface area contributed by atoms with Crippen molar-refractivity contribution >= 4 is 5.91 Å². The fourth-order valence-corrected chi connectivity index (χ4v) is 4.81. The fraction of sp³-hybridized carbons (Fsp3) is 0.857. The maximum absolute atomic E-state index is 13.2. The summed E-state index contributed by atoms with van der Waals surface area (Å²) < 4.78 is 0.